The van der Waals surface area contributed by atoms with E-state index in [0.29, 0.717) is 41.5 Å². The number of ether oxygens (including phenoxy) is 1. The van der Waals surface area contributed by atoms with Gasteiger partial charge in [0.05, 0.1) is 42.4 Å². The molecule has 3 aliphatic heterocycles. The molecule has 0 unspecified atom stereocenters. The normalized spacial score (nSPS) is 19.1. The molecule has 2 aromatic carbocycles. The predicted molar refractivity (Wildman–Crippen MR) is 166 cm³/mol. The number of benzene rings is 2. The third-order valence-electron chi connectivity index (χ3n) is 8.65. The maximum Gasteiger partial charge on any atom is 0.416 e. The van der Waals surface area contributed by atoms with Crippen molar-refractivity contribution in [2.45, 2.75) is 43.9 Å². The molecule has 2 N–H and O–H groups in total. The molecule has 10 nitrogen and oxygen atoms in total. The summed E-state index contributed by atoms with van der Waals surface area (Å²) in [6, 6.07) is 7.52. The number of aromatic nitrogens is 2. The minimum atomic E-state index is -4.70. The highest BCUT2D eigenvalue weighted by Gasteiger charge is 2.35. The van der Waals surface area contributed by atoms with Crippen molar-refractivity contribution in [2.75, 3.05) is 60.5 Å². The number of hydroxylamine groups is 1. The van der Waals surface area contributed by atoms with E-state index in [4.69, 9.17) is 9.57 Å². The van der Waals surface area contributed by atoms with Crippen LogP contribution in [0.4, 0.5) is 46.3 Å². The average Bonchev–Trinajstić information content (AvgIpc) is 3.51. The van der Waals surface area contributed by atoms with Gasteiger partial charge in [0.15, 0.2) is 5.82 Å². The molecular weight excluding hydrogens is 606 g/mol. The zero-order valence-electron chi connectivity index (χ0n) is 25.3. The van der Waals surface area contributed by atoms with Gasteiger partial charge in [-0.2, -0.15) is 13.2 Å². The summed E-state index contributed by atoms with van der Waals surface area (Å²) in [5.74, 6) is -0.251. The topological polar surface area (TPSA) is 95.1 Å². The van der Waals surface area contributed by atoms with Gasteiger partial charge in [-0.15, -0.1) is 0 Å². The van der Waals surface area contributed by atoms with E-state index in [-0.39, 0.29) is 23.9 Å². The van der Waals surface area contributed by atoms with Crippen molar-refractivity contribution >= 4 is 34.6 Å². The molecule has 0 aliphatic carbocycles. The van der Waals surface area contributed by atoms with Gasteiger partial charge >= 0.3 is 6.18 Å². The van der Waals surface area contributed by atoms with Crippen molar-refractivity contribution < 1.29 is 31.9 Å². The first-order chi connectivity index (χ1) is 22.1. The van der Waals surface area contributed by atoms with E-state index in [1.807, 2.05) is 6.07 Å². The molecule has 0 spiro atoms. The monoisotopic (exact) mass is 641 g/mol. The lowest BCUT2D eigenvalue weighted by molar-refractivity contribution is -0.137. The Morgan fingerprint density at radius 3 is 2.50 bits per heavy atom. The van der Waals surface area contributed by atoms with E-state index in [1.165, 1.54) is 23.9 Å². The summed E-state index contributed by atoms with van der Waals surface area (Å²) in [6.07, 6.45) is 1.41. The first kappa shape index (κ1) is 31.5. The van der Waals surface area contributed by atoms with Crippen LogP contribution in [0.1, 0.15) is 42.9 Å². The number of alkyl halides is 3. The fourth-order valence-corrected chi connectivity index (χ4v) is 6.20. The van der Waals surface area contributed by atoms with E-state index in [9.17, 15) is 22.4 Å². The van der Waals surface area contributed by atoms with Gasteiger partial charge in [0.2, 0.25) is 5.91 Å². The first-order valence-corrected chi connectivity index (χ1v) is 15.2. The minimum absolute atomic E-state index is 0.117. The Labute approximate surface area is 264 Å². The molecule has 46 heavy (non-hydrogen) atoms. The number of halogens is 4. The standard InChI is InChI=1S/C32H35F4N7O3/c1-3-31(44)40-24-16-25(28(45-2)17-27(24)42-10-5-23(6-11-42)41-8-4-9-41)39-29-18-30(38-19-37-29)43-26(7-12-46-43)20-13-21(32(34,35)36)15-22(33)14-20/h3,13-19,23,26H,1,4-12H2,2H3,(H,40,44)(H,37,38,39)/t26-/m1/s1. The van der Waals surface area contributed by atoms with Crippen LogP contribution in [-0.2, 0) is 15.8 Å². The lowest BCUT2D eigenvalue weighted by atomic mass is 9.99. The second kappa shape index (κ2) is 13.1. The van der Waals surface area contributed by atoms with E-state index < -0.39 is 23.6 Å². The van der Waals surface area contributed by atoms with Crippen LogP contribution < -0.4 is 25.3 Å². The largest absolute Gasteiger partial charge is 0.494 e. The second-order valence-corrected chi connectivity index (χ2v) is 11.5. The van der Waals surface area contributed by atoms with Crippen molar-refractivity contribution in [1.29, 1.82) is 0 Å². The van der Waals surface area contributed by atoms with E-state index in [0.717, 1.165) is 56.8 Å². The van der Waals surface area contributed by atoms with Gasteiger partial charge in [0.1, 0.15) is 23.7 Å². The molecule has 3 saturated heterocycles. The van der Waals surface area contributed by atoms with Gasteiger partial charge in [0.25, 0.3) is 0 Å². The van der Waals surface area contributed by atoms with Crippen molar-refractivity contribution in [3.8, 4) is 5.75 Å². The number of nitrogens with one attached hydrogen (secondary N) is 2. The van der Waals surface area contributed by atoms with Crippen LogP contribution in [0.5, 0.6) is 5.75 Å². The lowest BCUT2D eigenvalue weighted by Crippen LogP contribution is -2.50. The van der Waals surface area contributed by atoms with Crippen molar-refractivity contribution in [1.82, 2.24) is 14.9 Å². The first-order valence-electron chi connectivity index (χ1n) is 15.2. The Morgan fingerprint density at radius 2 is 1.83 bits per heavy atom. The van der Waals surface area contributed by atoms with Crippen LogP contribution in [0.25, 0.3) is 0 Å². The summed E-state index contributed by atoms with van der Waals surface area (Å²) >= 11 is 0. The van der Waals surface area contributed by atoms with E-state index in [1.54, 1.807) is 19.2 Å². The van der Waals surface area contributed by atoms with Crippen LogP contribution in [0.15, 0.2) is 55.4 Å². The number of nitrogens with zero attached hydrogens (tertiary/aromatic N) is 5. The van der Waals surface area contributed by atoms with Gasteiger partial charge in [0, 0.05) is 37.7 Å². The van der Waals surface area contributed by atoms with Gasteiger partial charge in [-0.1, -0.05) is 6.58 Å². The molecule has 6 rings (SSSR count). The zero-order chi connectivity index (χ0) is 32.4. The molecule has 14 heteroatoms. The number of piperidine rings is 1. The van der Waals surface area contributed by atoms with Crippen molar-refractivity contribution in [3.05, 3.63) is 72.3 Å². The number of anilines is 5. The second-order valence-electron chi connectivity index (χ2n) is 11.5. The fourth-order valence-electron chi connectivity index (χ4n) is 6.20. The Kier molecular flexibility index (Phi) is 9.00. The molecule has 0 radical (unpaired) electrons. The molecule has 4 heterocycles. The van der Waals surface area contributed by atoms with Crippen LogP contribution >= 0.6 is 0 Å². The highest BCUT2D eigenvalue weighted by atomic mass is 19.4. The number of methoxy groups -OCH3 is 1. The number of rotatable bonds is 9. The van der Waals surface area contributed by atoms with Gasteiger partial charge < -0.3 is 25.2 Å². The van der Waals surface area contributed by atoms with Crippen molar-refractivity contribution in [2.24, 2.45) is 0 Å². The number of likely N-dealkylation sites (tertiary alicyclic amines) is 1. The van der Waals surface area contributed by atoms with Gasteiger partial charge in [-0.3, -0.25) is 9.63 Å². The van der Waals surface area contributed by atoms with Crippen LogP contribution in [-0.4, -0.2) is 66.7 Å². The lowest BCUT2D eigenvalue weighted by Gasteiger charge is -2.43. The summed E-state index contributed by atoms with van der Waals surface area (Å²) < 4.78 is 60.2. The SMILES string of the molecule is C=CC(=O)Nc1cc(Nc2cc(N3OCC[C@@H]3c3cc(F)cc(C(F)(F)F)c3)ncn2)c(OC)cc1N1CCC(N2CCC2)CC1. The third kappa shape index (κ3) is 6.72. The van der Waals surface area contributed by atoms with Gasteiger partial charge in [-0.05, 0) is 68.3 Å². The Morgan fingerprint density at radius 1 is 1.04 bits per heavy atom. The number of carbonyl (C=O) groups is 1. The molecule has 1 aromatic heterocycles. The third-order valence-corrected chi connectivity index (χ3v) is 8.65. The van der Waals surface area contributed by atoms with Crippen LogP contribution in [0.2, 0.25) is 0 Å². The highest BCUT2D eigenvalue weighted by molar-refractivity contribution is 6.02. The summed E-state index contributed by atoms with van der Waals surface area (Å²) in [4.78, 5) is 31.5. The fraction of sp³-hybridized carbons (Fsp3) is 0.406. The minimum Gasteiger partial charge on any atom is -0.494 e. The maximum atomic E-state index is 14.2. The summed E-state index contributed by atoms with van der Waals surface area (Å²) in [5, 5.41) is 7.49. The molecule has 0 bridgehead atoms. The Hall–Kier alpha value is -4.43. The highest BCUT2D eigenvalue weighted by Crippen LogP contribution is 2.41. The molecule has 1 amide bonds. The molecule has 1 atom stereocenters. The van der Waals surface area contributed by atoms with Crippen LogP contribution in [0.3, 0.4) is 0 Å². The molecule has 3 aromatic rings. The molecule has 3 fully saturated rings. The smallest absolute Gasteiger partial charge is 0.416 e. The summed E-state index contributed by atoms with van der Waals surface area (Å²) in [6.45, 7) is 7.75. The van der Waals surface area contributed by atoms with E-state index >= 15 is 0 Å². The zero-order valence-corrected chi connectivity index (χ0v) is 25.3. The van der Waals surface area contributed by atoms with E-state index in [2.05, 4.69) is 37.0 Å². The summed E-state index contributed by atoms with van der Waals surface area (Å²) in [7, 11) is 1.55. The molecule has 244 valence electrons. The van der Waals surface area contributed by atoms with Crippen LogP contribution in [0, 0.1) is 5.82 Å². The number of carbonyl (C=O) groups excluding carboxylic acids is 1. The van der Waals surface area contributed by atoms with Crippen molar-refractivity contribution in [3.63, 3.8) is 0 Å². The summed E-state index contributed by atoms with van der Waals surface area (Å²) in [5.41, 5.74) is 0.940. The molecular formula is C32H35F4N7O3. The maximum absolute atomic E-state index is 14.2. The quantitative estimate of drug-likeness (QED) is 0.213. The number of amides is 1. The Balaban J connectivity index is 1.26. The molecule has 0 saturated carbocycles. The number of hydrogen-bond donors (Lipinski definition) is 2. The number of hydrogen-bond acceptors (Lipinski definition) is 9. The van der Waals surface area contributed by atoms with Gasteiger partial charge in [-0.25, -0.2) is 19.4 Å². The molecule has 3 aliphatic rings. The predicted octanol–water partition coefficient (Wildman–Crippen LogP) is 6.07. The Bertz CT molecular complexity index is 1590. The average molecular weight is 642 g/mol.